The smallest absolute Gasteiger partial charge is 0.475 e. The number of rotatable bonds is 8. The molecule has 0 spiro atoms. The number of alkyl halides is 3. The average Bonchev–Trinajstić information content (AvgIpc) is 2.88. The van der Waals surface area contributed by atoms with Gasteiger partial charge in [0.25, 0.3) is 5.91 Å². The number of hydrogen-bond acceptors (Lipinski definition) is 4. The minimum absolute atomic E-state index is 0.0240. The maximum atomic E-state index is 12.2. The van der Waals surface area contributed by atoms with Crippen LogP contribution in [0.3, 0.4) is 0 Å². The van der Waals surface area contributed by atoms with Crippen LogP contribution in [0, 0.1) is 6.92 Å². The third-order valence-corrected chi connectivity index (χ3v) is 6.50. The number of carbonyl (C=O) groups excluding carboxylic acids is 2. The standard InChI is InChI=1S/C25H29Cl2N3O2.C2HF3O2/c1-18-4-2-5-20(16-18)25(32)28-12-3-13-30-14-10-21(11-15-30)29-24(31)9-7-19-6-8-22(26)23(27)17-19;3-2(4,5)1(6)7/h2,4-9,16-17,21H,3,10-15H2,1H3,(H,28,32)(H,29,31);(H,6,7)/b9-7+;. The van der Waals surface area contributed by atoms with Crippen LogP contribution in [0.1, 0.15) is 40.7 Å². The van der Waals surface area contributed by atoms with Crippen molar-refractivity contribution in [1.29, 1.82) is 0 Å². The van der Waals surface area contributed by atoms with Gasteiger partial charge in [-0.1, -0.05) is 47.0 Å². The Labute approximate surface area is 235 Å². The fourth-order valence-electron chi connectivity index (χ4n) is 3.73. The van der Waals surface area contributed by atoms with Crippen molar-refractivity contribution in [1.82, 2.24) is 15.5 Å². The van der Waals surface area contributed by atoms with Gasteiger partial charge in [0.1, 0.15) is 0 Å². The van der Waals surface area contributed by atoms with Crippen molar-refractivity contribution in [3.63, 3.8) is 0 Å². The Hall–Kier alpha value is -3.08. The third-order valence-electron chi connectivity index (χ3n) is 5.76. The van der Waals surface area contributed by atoms with Crippen LogP contribution in [0.5, 0.6) is 0 Å². The number of carboxylic acids is 1. The van der Waals surface area contributed by atoms with Gasteiger partial charge >= 0.3 is 12.1 Å². The molecule has 1 aliphatic heterocycles. The number of nitrogens with zero attached hydrogens (tertiary/aromatic N) is 1. The second kappa shape index (κ2) is 15.5. The second-order valence-electron chi connectivity index (χ2n) is 8.91. The van der Waals surface area contributed by atoms with E-state index in [2.05, 4.69) is 15.5 Å². The molecule has 1 fully saturated rings. The molecule has 1 aliphatic rings. The summed E-state index contributed by atoms with van der Waals surface area (Å²) < 4.78 is 31.7. The number of halogens is 5. The van der Waals surface area contributed by atoms with Gasteiger partial charge in [-0.15, -0.1) is 0 Å². The number of nitrogens with one attached hydrogen (secondary N) is 2. The van der Waals surface area contributed by atoms with E-state index >= 15 is 0 Å². The molecule has 212 valence electrons. The highest BCUT2D eigenvalue weighted by molar-refractivity contribution is 6.42. The van der Waals surface area contributed by atoms with Gasteiger partial charge in [0, 0.05) is 37.3 Å². The van der Waals surface area contributed by atoms with E-state index in [1.807, 2.05) is 37.3 Å². The van der Waals surface area contributed by atoms with Crippen LogP contribution in [0.25, 0.3) is 6.08 Å². The Bertz CT molecular complexity index is 1170. The summed E-state index contributed by atoms with van der Waals surface area (Å²) in [5.41, 5.74) is 2.62. The van der Waals surface area contributed by atoms with Crippen molar-refractivity contribution >= 4 is 47.1 Å². The van der Waals surface area contributed by atoms with Crippen LogP contribution in [-0.4, -0.2) is 66.2 Å². The Morgan fingerprint density at radius 3 is 2.33 bits per heavy atom. The van der Waals surface area contributed by atoms with E-state index in [1.165, 1.54) is 6.08 Å². The average molecular weight is 588 g/mol. The molecule has 0 saturated carbocycles. The van der Waals surface area contributed by atoms with Gasteiger partial charge in [0.15, 0.2) is 0 Å². The monoisotopic (exact) mass is 587 g/mol. The van der Waals surface area contributed by atoms with Gasteiger partial charge in [-0.05, 0) is 68.6 Å². The van der Waals surface area contributed by atoms with E-state index in [0.717, 1.165) is 50.0 Å². The van der Waals surface area contributed by atoms with E-state index in [9.17, 15) is 22.8 Å². The molecule has 2 amide bonds. The minimum atomic E-state index is -5.08. The van der Waals surface area contributed by atoms with Crippen LogP contribution in [0.15, 0.2) is 48.5 Å². The second-order valence-corrected chi connectivity index (χ2v) is 9.73. The van der Waals surface area contributed by atoms with Crippen molar-refractivity contribution in [3.05, 3.63) is 75.3 Å². The Morgan fingerprint density at radius 1 is 1.08 bits per heavy atom. The van der Waals surface area contributed by atoms with Crippen LogP contribution in [-0.2, 0) is 9.59 Å². The molecule has 3 rings (SSSR count). The summed E-state index contributed by atoms with van der Waals surface area (Å²) in [6, 6.07) is 13.1. The molecule has 1 saturated heterocycles. The molecular formula is C27H30Cl2F3N3O4. The molecule has 0 aliphatic carbocycles. The molecule has 0 radical (unpaired) electrons. The molecule has 0 aromatic heterocycles. The number of hydrogen-bond donors (Lipinski definition) is 3. The predicted octanol–water partition coefficient (Wildman–Crippen LogP) is 5.35. The maximum Gasteiger partial charge on any atom is 0.490 e. The summed E-state index contributed by atoms with van der Waals surface area (Å²) in [6.45, 7) is 5.45. The number of piperidine rings is 1. The first-order valence-electron chi connectivity index (χ1n) is 12.2. The zero-order chi connectivity index (χ0) is 29.0. The molecule has 0 unspecified atom stereocenters. The van der Waals surface area contributed by atoms with Gasteiger partial charge in [-0.3, -0.25) is 9.59 Å². The third kappa shape index (κ3) is 12.1. The highest BCUT2D eigenvalue weighted by atomic mass is 35.5. The lowest BCUT2D eigenvalue weighted by atomic mass is 10.0. The van der Waals surface area contributed by atoms with Gasteiger partial charge in [-0.25, -0.2) is 4.79 Å². The number of carbonyl (C=O) groups is 3. The molecule has 39 heavy (non-hydrogen) atoms. The number of aliphatic carboxylic acids is 1. The molecule has 0 bridgehead atoms. The lowest BCUT2D eigenvalue weighted by molar-refractivity contribution is -0.192. The van der Waals surface area contributed by atoms with Crippen molar-refractivity contribution in [2.45, 2.75) is 38.4 Å². The van der Waals surface area contributed by atoms with E-state index < -0.39 is 12.1 Å². The fourth-order valence-corrected chi connectivity index (χ4v) is 4.04. The van der Waals surface area contributed by atoms with E-state index in [-0.39, 0.29) is 17.9 Å². The molecule has 3 N–H and O–H groups in total. The molecule has 2 aromatic carbocycles. The van der Waals surface area contributed by atoms with Crippen molar-refractivity contribution < 1.29 is 32.7 Å². The van der Waals surface area contributed by atoms with E-state index in [4.69, 9.17) is 33.1 Å². The topological polar surface area (TPSA) is 98.7 Å². The van der Waals surface area contributed by atoms with Crippen LogP contribution in [0.2, 0.25) is 10.0 Å². The van der Waals surface area contributed by atoms with Gasteiger partial charge < -0.3 is 20.6 Å². The predicted molar refractivity (Wildman–Crippen MR) is 145 cm³/mol. The van der Waals surface area contributed by atoms with Crippen LogP contribution < -0.4 is 10.6 Å². The molecule has 2 aromatic rings. The van der Waals surface area contributed by atoms with Crippen molar-refractivity contribution in [3.8, 4) is 0 Å². The van der Waals surface area contributed by atoms with Crippen LogP contribution >= 0.6 is 23.2 Å². The summed E-state index contributed by atoms with van der Waals surface area (Å²) in [4.78, 5) is 35.7. The molecule has 12 heteroatoms. The van der Waals surface area contributed by atoms with Gasteiger partial charge in [0.2, 0.25) is 5.91 Å². The van der Waals surface area contributed by atoms with Gasteiger partial charge in [0.05, 0.1) is 10.0 Å². The Kier molecular flexibility index (Phi) is 12.8. The Balaban J connectivity index is 0.000000673. The van der Waals surface area contributed by atoms with E-state index in [1.54, 1.807) is 18.2 Å². The van der Waals surface area contributed by atoms with Gasteiger partial charge in [-0.2, -0.15) is 13.2 Å². The summed E-state index contributed by atoms with van der Waals surface area (Å²) in [5, 5.41) is 14.1. The fraction of sp³-hybridized carbons (Fsp3) is 0.370. The summed E-state index contributed by atoms with van der Waals surface area (Å²) in [6.07, 6.45) is 0.922. The zero-order valence-electron chi connectivity index (χ0n) is 21.2. The highest BCUT2D eigenvalue weighted by Crippen LogP contribution is 2.23. The Morgan fingerprint density at radius 2 is 1.74 bits per heavy atom. The summed E-state index contributed by atoms with van der Waals surface area (Å²) in [5.74, 6) is -2.88. The number of benzene rings is 2. The quantitative estimate of drug-likeness (QED) is 0.286. The molecule has 7 nitrogen and oxygen atoms in total. The molecular weight excluding hydrogens is 558 g/mol. The number of amides is 2. The lowest BCUT2D eigenvalue weighted by Crippen LogP contribution is -2.44. The van der Waals surface area contributed by atoms with Crippen LogP contribution in [0.4, 0.5) is 13.2 Å². The normalized spacial score (nSPS) is 14.4. The number of likely N-dealkylation sites (tertiary alicyclic amines) is 1. The zero-order valence-corrected chi connectivity index (χ0v) is 22.7. The molecule has 0 atom stereocenters. The molecule has 1 heterocycles. The first-order chi connectivity index (χ1) is 18.3. The number of aryl methyl sites for hydroxylation is 1. The first-order valence-corrected chi connectivity index (χ1v) is 12.9. The van der Waals surface area contributed by atoms with E-state index in [0.29, 0.717) is 22.2 Å². The highest BCUT2D eigenvalue weighted by Gasteiger charge is 2.38. The summed E-state index contributed by atoms with van der Waals surface area (Å²) in [7, 11) is 0. The maximum absolute atomic E-state index is 12.2. The first kappa shape index (κ1) is 32.1. The largest absolute Gasteiger partial charge is 0.490 e. The van der Waals surface area contributed by atoms with Crippen molar-refractivity contribution in [2.24, 2.45) is 0 Å². The minimum Gasteiger partial charge on any atom is -0.475 e. The van der Waals surface area contributed by atoms with Crippen molar-refractivity contribution in [2.75, 3.05) is 26.2 Å². The number of carboxylic acid groups (broad SMARTS) is 1. The SMILES string of the molecule is Cc1cccc(C(=O)NCCCN2CCC(NC(=O)/C=C/c3ccc(Cl)c(Cl)c3)CC2)c1.O=C(O)C(F)(F)F. The summed E-state index contributed by atoms with van der Waals surface area (Å²) >= 11 is 11.9. The lowest BCUT2D eigenvalue weighted by Gasteiger charge is -2.32.